The fourth-order valence-corrected chi connectivity index (χ4v) is 4.48. The molecule has 194 valence electrons. The van der Waals surface area contributed by atoms with E-state index >= 15 is 0 Å². The van der Waals surface area contributed by atoms with Gasteiger partial charge in [0, 0.05) is 31.7 Å². The number of morpholine rings is 2. The maximum absolute atomic E-state index is 13.2. The minimum Gasteiger partial charge on any atom is -0.377 e. The first-order valence-electron chi connectivity index (χ1n) is 11.5. The van der Waals surface area contributed by atoms with Crippen molar-refractivity contribution in [2.45, 2.75) is 49.7 Å². The lowest BCUT2D eigenvalue weighted by Gasteiger charge is -2.41. The summed E-state index contributed by atoms with van der Waals surface area (Å²) in [6.07, 6.45) is -6.57. The third-order valence-electron chi connectivity index (χ3n) is 6.40. The lowest BCUT2D eigenvalue weighted by molar-refractivity contribution is -0.231. The van der Waals surface area contributed by atoms with Crippen molar-refractivity contribution in [1.29, 1.82) is 0 Å². The van der Waals surface area contributed by atoms with Crippen LogP contribution in [0.15, 0.2) is 24.3 Å². The van der Waals surface area contributed by atoms with Crippen molar-refractivity contribution in [1.82, 2.24) is 15.1 Å². The molecule has 3 heterocycles. The van der Waals surface area contributed by atoms with Crippen LogP contribution in [0.25, 0.3) is 0 Å². The average molecular weight is 502 g/mol. The van der Waals surface area contributed by atoms with Crippen molar-refractivity contribution in [3.63, 3.8) is 0 Å². The molecule has 3 aliphatic rings. The van der Waals surface area contributed by atoms with Crippen LogP contribution in [0.2, 0.25) is 0 Å². The Labute approximate surface area is 200 Å². The number of carbonyl (C=O) groups excluding carboxylic acids is 2. The Morgan fingerprint density at radius 3 is 2.43 bits per heavy atom. The third kappa shape index (κ3) is 6.22. The molecule has 0 aliphatic carbocycles. The first-order chi connectivity index (χ1) is 16.6. The standard InChI is InChI=1S/C22H30F3N5O5/c23-22(24,25)20(27)35-18(26)13-1-3-14(4-2-13)19(31)28-9-15-12-33-8-7-30(15)21(32)29-10-16-5-6-17(11-29)34-16/h1-4,15-18,20H,5-12,26-27H2,(H,28,31)/t15-,16?,17?,18?,20?/m0/s1. The summed E-state index contributed by atoms with van der Waals surface area (Å²) >= 11 is 0. The van der Waals surface area contributed by atoms with E-state index in [4.69, 9.17) is 20.9 Å². The summed E-state index contributed by atoms with van der Waals surface area (Å²) in [6.45, 7) is 2.48. The molecule has 3 amide bonds. The van der Waals surface area contributed by atoms with Crippen LogP contribution in [0.1, 0.15) is 35.0 Å². The molecule has 13 heteroatoms. The van der Waals surface area contributed by atoms with Gasteiger partial charge in [-0.25, -0.2) is 4.79 Å². The third-order valence-corrected chi connectivity index (χ3v) is 6.40. The van der Waals surface area contributed by atoms with E-state index in [1.54, 1.807) is 4.90 Å². The lowest BCUT2D eigenvalue weighted by atomic mass is 10.1. The summed E-state index contributed by atoms with van der Waals surface area (Å²) in [5.41, 5.74) is 11.1. The number of carbonyl (C=O) groups is 2. The smallest absolute Gasteiger partial charge is 0.377 e. The Kier molecular flexibility index (Phi) is 7.81. The van der Waals surface area contributed by atoms with Crippen molar-refractivity contribution in [3.8, 4) is 0 Å². The predicted molar refractivity (Wildman–Crippen MR) is 117 cm³/mol. The largest absolute Gasteiger partial charge is 0.428 e. The van der Waals surface area contributed by atoms with E-state index in [0.717, 1.165) is 12.8 Å². The van der Waals surface area contributed by atoms with Crippen LogP contribution in [0.5, 0.6) is 0 Å². The number of halogens is 3. The topological polar surface area (TPSA) is 132 Å². The van der Waals surface area contributed by atoms with Crippen LogP contribution in [-0.2, 0) is 14.2 Å². The summed E-state index contributed by atoms with van der Waals surface area (Å²) in [7, 11) is 0. The molecule has 0 aromatic heterocycles. The number of hydrogen-bond acceptors (Lipinski definition) is 7. The predicted octanol–water partition coefficient (Wildman–Crippen LogP) is 0.921. The number of hydrogen-bond donors (Lipinski definition) is 3. The highest BCUT2D eigenvalue weighted by molar-refractivity contribution is 5.94. The van der Waals surface area contributed by atoms with Crippen LogP contribution >= 0.6 is 0 Å². The second-order valence-electron chi connectivity index (χ2n) is 8.92. The van der Waals surface area contributed by atoms with Gasteiger partial charge in [0.1, 0.15) is 6.23 Å². The first kappa shape index (κ1) is 25.6. The minimum absolute atomic E-state index is 0.0804. The summed E-state index contributed by atoms with van der Waals surface area (Å²) in [5, 5.41) is 2.80. The molecule has 3 fully saturated rings. The number of rotatable bonds is 6. The number of ether oxygens (including phenoxy) is 3. The fraction of sp³-hybridized carbons (Fsp3) is 0.636. The molecule has 1 aromatic carbocycles. The van der Waals surface area contributed by atoms with Crippen LogP contribution in [-0.4, -0.2) is 91.8 Å². The molecular formula is C22H30F3N5O5. The van der Waals surface area contributed by atoms with E-state index in [-0.39, 0.29) is 42.0 Å². The fourth-order valence-electron chi connectivity index (χ4n) is 4.48. The molecule has 10 nitrogen and oxygen atoms in total. The number of likely N-dealkylation sites (tertiary alicyclic amines) is 1. The van der Waals surface area contributed by atoms with Crippen LogP contribution in [0.4, 0.5) is 18.0 Å². The molecule has 4 unspecified atom stereocenters. The van der Waals surface area contributed by atoms with Gasteiger partial charge in [-0.05, 0) is 30.5 Å². The van der Waals surface area contributed by atoms with Crippen molar-refractivity contribution in [2.75, 3.05) is 39.4 Å². The zero-order valence-electron chi connectivity index (χ0n) is 19.1. The molecule has 35 heavy (non-hydrogen) atoms. The van der Waals surface area contributed by atoms with Crippen molar-refractivity contribution >= 4 is 11.9 Å². The number of nitrogens with zero attached hydrogens (tertiary/aromatic N) is 2. The highest BCUT2D eigenvalue weighted by Crippen LogP contribution is 2.27. The van der Waals surface area contributed by atoms with Crippen molar-refractivity contribution < 1.29 is 37.0 Å². The summed E-state index contributed by atoms with van der Waals surface area (Å²) in [5.74, 6) is -0.402. The van der Waals surface area contributed by atoms with Gasteiger partial charge in [0.15, 0.2) is 0 Å². The number of amides is 3. The van der Waals surface area contributed by atoms with E-state index in [9.17, 15) is 22.8 Å². The minimum atomic E-state index is -4.74. The molecule has 0 saturated carbocycles. The number of alkyl halides is 3. The van der Waals surface area contributed by atoms with Crippen molar-refractivity contribution in [2.24, 2.45) is 11.5 Å². The molecule has 0 radical (unpaired) electrons. The molecule has 3 aliphatic heterocycles. The van der Waals surface area contributed by atoms with Gasteiger partial charge in [-0.1, -0.05) is 12.1 Å². The van der Waals surface area contributed by atoms with E-state index < -0.39 is 24.5 Å². The monoisotopic (exact) mass is 501 g/mol. The Hall–Kier alpha value is -2.45. The quantitative estimate of drug-likeness (QED) is 0.494. The Morgan fingerprint density at radius 2 is 1.80 bits per heavy atom. The van der Waals surface area contributed by atoms with Gasteiger partial charge in [0.05, 0.1) is 31.5 Å². The lowest BCUT2D eigenvalue weighted by Crippen LogP contribution is -2.59. The highest BCUT2D eigenvalue weighted by Gasteiger charge is 2.40. The average Bonchev–Trinajstić information content (AvgIpc) is 3.18. The molecule has 5 N–H and O–H groups in total. The SMILES string of the molecule is NC(OC(N)C(F)(F)F)c1ccc(C(=O)NC[C@H]2COCCN2C(=O)N2CC3CCC(C2)O3)cc1. The zero-order valence-corrected chi connectivity index (χ0v) is 19.1. The van der Waals surface area contributed by atoms with Crippen LogP contribution < -0.4 is 16.8 Å². The molecule has 1 aromatic rings. The van der Waals surface area contributed by atoms with Crippen LogP contribution in [0.3, 0.4) is 0 Å². The molecule has 4 rings (SSSR count). The Balaban J connectivity index is 1.31. The number of urea groups is 1. The molecular weight excluding hydrogens is 471 g/mol. The maximum atomic E-state index is 13.2. The molecule has 0 spiro atoms. The van der Waals surface area contributed by atoms with E-state index in [0.29, 0.717) is 32.8 Å². The number of nitrogens with one attached hydrogen (secondary N) is 1. The molecule has 2 bridgehead atoms. The highest BCUT2D eigenvalue weighted by atomic mass is 19.4. The normalized spacial score (nSPS) is 26.4. The summed E-state index contributed by atoms with van der Waals surface area (Å²) in [4.78, 5) is 29.4. The maximum Gasteiger partial charge on any atom is 0.428 e. The Morgan fingerprint density at radius 1 is 1.14 bits per heavy atom. The zero-order chi connectivity index (χ0) is 25.2. The van der Waals surface area contributed by atoms with E-state index in [1.807, 2.05) is 4.90 Å². The number of nitrogens with two attached hydrogens (primary N) is 2. The number of fused-ring (bicyclic) bond motifs is 2. The van der Waals surface area contributed by atoms with E-state index in [1.165, 1.54) is 24.3 Å². The Bertz CT molecular complexity index is 890. The van der Waals surface area contributed by atoms with Gasteiger partial charge < -0.3 is 35.1 Å². The molecule has 3 saturated heterocycles. The van der Waals surface area contributed by atoms with Gasteiger partial charge >= 0.3 is 12.2 Å². The van der Waals surface area contributed by atoms with Gasteiger partial charge in [0.25, 0.3) is 5.91 Å². The summed E-state index contributed by atoms with van der Waals surface area (Å²) in [6, 6.07) is 5.24. The van der Waals surface area contributed by atoms with Gasteiger partial charge in [-0.2, -0.15) is 13.2 Å². The first-order valence-corrected chi connectivity index (χ1v) is 11.5. The second-order valence-corrected chi connectivity index (χ2v) is 8.92. The van der Waals surface area contributed by atoms with Crippen molar-refractivity contribution in [3.05, 3.63) is 35.4 Å². The number of benzene rings is 1. The second kappa shape index (κ2) is 10.7. The van der Waals surface area contributed by atoms with Crippen LogP contribution in [0, 0.1) is 0 Å². The van der Waals surface area contributed by atoms with Gasteiger partial charge in [-0.3, -0.25) is 10.5 Å². The van der Waals surface area contributed by atoms with Gasteiger partial charge in [-0.15, -0.1) is 0 Å². The van der Waals surface area contributed by atoms with E-state index in [2.05, 4.69) is 10.1 Å². The van der Waals surface area contributed by atoms with Gasteiger partial charge in [0.2, 0.25) is 6.23 Å². The molecule has 5 atom stereocenters. The summed E-state index contributed by atoms with van der Waals surface area (Å²) < 4.78 is 53.6.